The van der Waals surface area contributed by atoms with Gasteiger partial charge in [0.15, 0.2) is 0 Å². The quantitative estimate of drug-likeness (QED) is 0.349. The van der Waals surface area contributed by atoms with Gasteiger partial charge in [0.05, 0.1) is 10.7 Å². The highest BCUT2D eigenvalue weighted by Gasteiger charge is 2.31. The van der Waals surface area contributed by atoms with Crippen molar-refractivity contribution in [1.82, 2.24) is 0 Å². The van der Waals surface area contributed by atoms with Crippen LogP contribution in [0.2, 0.25) is 0 Å². The molecule has 3 atom stereocenters. The third-order valence-corrected chi connectivity index (χ3v) is 4.52. The molecule has 24 heavy (non-hydrogen) atoms. The molecule has 3 unspecified atom stereocenters. The van der Waals surface area contributed by atoms with E-state index in [0.717, 1.165) is 0 Å². The summed E-state index contributed by atoms with van der Waals surface area (Å²) >= 11 is 0. The molecule has 0 radical (unpaired) electrons. The molecule has 0 saturated carbocycles. The van der Waals surface area contributed by atoms with Crippen molar-refractivity contribution in [2.75, 3.05) is 6.61 Å². The van der Waals surface area contributed by atoms with Crippen molar-refractivity contribution in [3.8, 4) is 0 Å². The molecule has 3 N–H and O–H groups in total. The molecule has 0 spiro atoms. The fourth-order valence-electron chi connectivity index (χ4n) is 1.27. The third kappa shape index (κ3) is 15.0. The fraction of sp³-hybridized carbons (Fsp3) is 0.600. The SMILES string of the molecule is [2H]C/C(C)=C(\[2H])CC([2H])/C(C)=C(\[2H])CC([2H])/C(C)=C(\[2H])COP(=O)(O)OP(=O)(O)O. The van der Waals surface area contributed by atoms with Crippen LogP contribution in [-0.2, 0) is 18.0 Å². The molecule has 0 amide bonds. The van der Waals surface area contributed by atoms with Gasteiger partial charge in [-0.05, 0) is 53.3 Å². The van der Waals surface area contributed by atoms with E-state index in [1.165, 1.54) is 6.92 Å². The largest absolute Gasteiger partial charge is 0.481 e. The Balaban J connectivity index is 5.15. The van der Waals surface area contributed by atoms with Crippen molar-refractivity contribution in [3.63, 3.8) is 0 Å². The molecule has 0 aliphatic rings. The van der Waals surface area contributed by atoms with Gasteiger partial charge in [-0.25, -0.2) is 9.13 Å². The first-order valence-corrected chi connectivity index (χ1v) is 9.89. The second kappa shape index (κ2) is 11.2. The Morgan fingerprint density at radius 3 is 2.17 bits per heavy atom. The molecule has 0 aromatic heterocycles. The summed E-state index contributed by atoms with van der Waals surface area (Å²) < 4.78 is 77.1. The molecule has 0 bridgehead atoms. The van der Waals surface area contributed by atoms with Crippen LogP contribution in [0.5, 0.6) is 0 Å². The van der Waals surface area contributed by atoms with E-state index < -0.39 is 41.1 Å². The monoisotopic (exact) mass is 388 g/mol. The molecule has 140 valence electrons. The minimum absolute atomic E-state index is 0.0166. The third-order valence-electron chi connectivity index (χ3n) is 2.39. The smallest absolute Gasteiger partial charge is 0.302 e. The molecular weight excluding hydrogens is 354 g/mol. The van der Waals surface area contributed by atoms with Crippen molar-refractivity contribution in [1.29, 1.82) is 0 Å². The van der Waals surface area contributed by atoms with Crippen molar-refractivity contribution >= 4 is 15.6 Å². The second-order valence-electron chi connectivity index (χ2n) is 4.81. The van der Waals surface area contributed by atoms with Gasteiger partial charge in [0.1, 0.15) is 0 Å². The minimum Gasteiger partial charge on any atom is -0.302 e. The molecule has 0 aliphatic carbocycles. The lowest BCUT2D eigenvalue weighted by Gasteiger charge is -2.11. The molecule has 9 heteroatoms. The fourth-order valence-corrected chi connectivity index (χ4v) is 2.77. The molecule has 7 nitrogen and oxygen atoms in total. The predicted octanol–water partition coefficient (Wildman–Crippen LogP) is 4.63. The van der Waals surface area contributed by atoms with Crippen LogP contribution >= 0.6 is 15.6 Å². The van der Waals surface area contributed by atoms with Gasteiger partial charge in [0.25, 0.3) is 0 Å². The van der Waals surface area contributed by atoms with E-state index in [2.05, 4.69) is 8.83 Å². The Morgan fingerprint density at radius 2 is 1.62 bits per heavy atom. The van der Waals surface area contributed by atoms with Crippen LogP contribution in [0.15, 0.2) is 34.9 Å². The summed E-state index contributed by atoms with van der Waals surface area (Å²) in [7, 11) is -10.4. The summed E-state index contributed by atoms with van der Waals surface area (Å²) in [5.41, 5.74) is 0.975. The normalized spacial score (nSPS) is 24.4. The summed E-state index contributed by atoms with van der Waals surface area (Å²) in [6, 6.07) is -0.252. The van der Waals surface area contributed by atoms with Gasteiger partial charge < -0.3 is 14.7 Å². The van der Waals surface area contributed by atoms with Gasteiger partial charge in [-0.3, -0.25) is 4.52 Å². The number of phosphoric acid groups is 2. The van der Waals surface area contributed by atoms with Gasteiger partial charge in [0.2, 0.25) is 0 Å². The van der Waals surface area contributed by atoms with E-state index in [9.17, 15) is 14.0 Å². The zero-order valence-electron chi connectivity index (χ0n) is 19.9. The second-order valence-corrected chi connectivity index (χ2v) is 7.64. The maximum Gasteiger partial charge on any atom is 0.481 e. The number of allylic oxidation sites excluding steroid dienone is 5. The summed E-state index contributed by atoms with van der Waals surface area (Å²) in [6.45, 7) is 3.66. The van der Waals surface area contributed by atoms with Crippen LogP contribution in [0.1, 0.15) is 61.5 Å². The van der Waals surface area contributed by atoms with Crippen molar-refractivity contribution in [2.45, 2.75) is 53.3 Å². The average molecular weight is 388 g/mol. The lowest BCUT2D eigenvalue weighted by molar-refractivity contribution is 0.191. The minimum atomic E-state index is -5.28. The summed E-state index contributed by atoms with van der Waals surface area (Å²) in [5, 5.41) is 0. The molecule has 0 aromatic rings. The Hall–Kier alpha value is -0.520. The van der Waals surface area contributed by atoms with Crippen molar-refractivity contribution < 1.29 is 40.9 Å². The van der Waals surface area contributed by atoms with E-state index in [-0.39, 0.29) is 37.4 Å². The maximum absolute atomic E-state index is 11.4. The van der Waals surface area contributed by atoms with Crippen LogP contribution in [0.4, 0.5) is 0 Å². The number of phosphoric ester groups is 1. The first-order valence-electron chi connectivity index (χ1n) is 10.2. The van der Waals surface area contributed by atoms with Crippen LogP contribution in [-0.4, -0.2) is 21.3 Å². The zero-order valence-corrected chi connectivity index (χ0v) is 15.6. The van der Waals surface area contributed by atoms with Crippen LogP contribution in [0, 0.1) is 0 Å². The van der Waals surface area contributed by atoms with Gasteiger partial charge in [-0.2, -0.15) is 4.31 Å². The average Bonchev–Trinajstić information content (AvgIpc) is 2.61. The number of hydrogen-bond acceptors (Lipinski definition) is 4. The highest BCUT2D eigenvalue weighted by Crippen LogP contribution is 2.57. The topological polar surface area (TPSA) is 113 Å². The lowest BCUT2D eigenvalue weighted by atomic mass is 10.1. The standard InChI is InChI=1S/C15H28O7P2/c1-13(2)7-5-8-14(3)9-6-10-15(4)11-12-21-24(19,20)22-23(16,17)18/h7,9,11H,5-6,8,10,12H2,1-4H3,(H,19,20)(H2,16,17,18)/b14-9+,15-11+/i1D,7D,8D,9D,10D,11D/b13-7-,14-9+,15-11+. The molecule has 0 heterocycles. The maximum atomic E-state index is 11.4. The molecule has 0 aromatic carbocycles. The highest BCUT2D eigenvalue weighted by atomic mass is 31.3. The summed E-state index contributed by atoms with van der Waals surface area (Å²) in [6.07, 6.45) is -2.09. The van der Waals surface area contributed by atoms with Crippen molar-refractivity contribution in [2.24, 2.45) is 0 Å². The number of hydrogen-bond donors (Lipinski definition) is 3. The molecule has 0 aliphatic heterocycles. The van der Waals surface area contributed by atoms with Gasteiger partial charge in [0, 0.05) is 4.11 Å². The van der Waals surface area contributed by atoms with Crippen LogP contribution in [0.3, 0.4) is 0 Å². The van der Waals surface area contributed by atoms with E-state index in [0.29, 0.717) is 11.1 Å². The predicted molar refractivity (Wildman–Crippen MR) is 94.3 cm³/mol. The van der Waals surface area contributed by atoms with Gasteiger partial charge >= 0.3 is 15.6 Å². The Labute approximate surface area is 152 Å². The zero-order chi connectivity index (χ0) is 23.9. The Kier molecular flexibility index (Phi) is 6.81. The Bertz CT molecular complexity index is 792. The van der Waals surface area contributed by atoms with E-state index >= 15 is 0 Å². The summed E-state index contributed by atoms with van der Waals surface area (Å²) in [4.78, 5) is 26.3. The summed E-state index contributed by atoms with van der Waals surface area (Å²) in [5.74, 6) is 0. The van der Waals surface area contributed by atoms with E-state index in [4.69, 9.17) is 18.0 Å². The molecule has 0 rings (SSSR count). The Morgan fingerprint density at radius 1 is 1.08 bits per heavy atom. The van der Waals surface area contributed by atoms with Crippen LogP contribution in [0.25, 0.3) is 0 Å². The molecule has 0 fully saturated rings. The van der Waals surface area contributed by atoms with Crippen LogP contribution < -0.4 is 0 Å². The number of rotatable bonds is 11. The molecular formula is C15H28O7P2. The van der Waals surface area contributed by atoms with E-state index in [1.54, 1.807) is 13.8 Å². The van der Waals surface area contributed by atoms with Gasteiger partial charge in [-0.15, -0.1) is 0 Å². The lowest BCUT2D eigenvalue weighted by Crippen LogP contribution is -1.94. The highest BCUT2D eigenvalue weighted by molar-refractivity contribution is 7.60. The van der Waals surface area contributed by atoms with Gasteiger partial charge in [-0.1, -0.05) is 34.9 Å². The van der Waals surface area contributed by atoms with Crippen molar-refractivity contribution in [3.05, 3.63) is 34.9 Å². The molecule has 0 saturated heterocycles. The first-order chi connectivity index (χ1) is 13.5. The first kappa shape index (κ1) is 14.6. The van der Waals surface area contributed by atoms with E-state index in [1.807, 2.05) is 0 Å².